The minimum atomic E-state index is -4.02. The summed E-state index contributed by atoms with van der Waals surface area (Å²) >= 11 is 1.33. The zero-order valence-electron chi connectivity index (χ0n) is 15.2. The lowest BCUT2D eigenvalue weighted by Gasteiger charge is -2.11. The summed E-state index contributed by atoms with van der Waals surface area (Å²) in [5, 5.41) is 12.3. The predicted molar refractivity (Wildman–Crippen MR) is 111 cm³/mol. The molecule has 4 N–H and O–H groups in total. The van der Waals surface area contributed by atoms with E-state index in [1.807, 2.05) is 5.38 Å². The van der Waals surface area contributed by atoms with Crippen molar-refractivity contribution in [3.63, 3.8) is 0 Å². The maximum atomic E-state index is 12.4. The molecule has 150 valence electrons. The number of anilines is 2. The number of rotatable bonds is 6. The number of ether oxygens (including phenoxy) is 1. The first kappa shape index (κ1) is 20.5. The summed E-state index contributed by atoms with van der Waals surface area (Å²) in [7, 11) is -2.70. The third-order valence-corrected chi connectivity index (χ3v) is 5.68. The van der Waals surface area contributed by atoms with Crippen molar-refractivity contribution in [2.75, 3.05) is 17.7 Å². The summed E-state index contributed by atoms with van der Waals surface area (Å²) < 4.78 is 28.3. The fraction of sp³-hybridized carbons (Fsp3) is 0.0526. The smallest absolute Gasteiger partial charge is 0.265 e. The largest absolute Gasteiger partial charge is 0.495 e. The molecule has 0 bridgehead atoms. The average Bonchev–Trinajstić information content (AvgIpc) is 3.23. The molecule has 0 aliphatic carbocycles. The number of nitrogens with two attached hydrogens (primary N) is 1. The summed E-state index contributed by atoms with van der Waals surface area (Å²) in [5.41, 5.74) is 1.11. The lowest BCUT2D eigenvalue weighted by atomic mass is 10.2. The Hall–Kier alpha value is -3.21. The van der Waals surface area contributed by atoms with Crippen molar-refractivity contribution in [3.8, 4) is 5.75 Å². The molecule has 1 heterocycles. The quantitative estimate of drug-likeness (QED) is 0.553. The van der Waals surface area contributed by atoms with E-state index in [0.717, 1.165) is 0 Å². The molecule has 10 heteroatoms. The summed E-state index contributed by atoms with van der Waals surface area (Å²) in [4.78, 5) is 24.8. The Balaban J connectivity index is 1.72. The van der Waals surface area contributed by atoms with Gasteiger partial charge in [-0.15, -0.1) is 11.3 Å². The van der Waals surface area contributed by atoms with Crippen LogP contribution in [-0.4, -0.2) is 27.3 Å². The van der Waals surface area contributed by atoms with Gasteiger partial charge in [-0.25, -0.2) is 13.6 Å². The van der Waals surface area contributed by atoms with Crippen LogP contribution >= 0.6 is 11.3 Å². The highest BCUT2D eigenvalue weighted by Gasteiger charge is 2.17. The molecule has 0 radical (unpaired) electrons. The summed E-state index contributed by atoms with van der Waals surface area (Å²) in [6, 6.07) is 13.9. The van der Waals surface area contributed by atoms with E-state index in [0.29, 0.717) is 16.1 Å². The van der Waals surface area contributed by atoms with Crippen LogP contribution < -0.4 is 20.5 Å². The Morgan fingerprint density at radius 1 is 0.966 bits per heavy atom. The van der Waals surface area contributed by atoms with Crippen LogP contribution in [0, 0.1) is 0 Å². The third-order valence-electron chi connectivity index (χ3n) is 3.88. The lowest BCUT2D eigenvalue weighted by Crippen LogP contribution is -2.16. The molecule has 29 heavy (non-hydrogen) atoms. The Kier molecular flexibility index (Phi) is 5.97. The van der Waals surface area contributed by atoms with Crippen LogP contribution in [0.15, 0.2) is 64.9 Å². The van der Waals surface area contributed by atoms with Gasteiger partial charge in [0.05, 0.1) is 12.0 Å². The van der Waals surface area contributed by atoms with Crippen LogP contribution in [0.4, 0.5) is 11.4 Å². The molecular formula is C19H17N3O5S2. The van der Waals surface area contributed by atoms with Crippen LogP contribution in [0.1, 0.15) is 20.0 Å². The zero-order chi connectivity index (χ0) is 21.0. The monoisotopic (exact) mass is 431 g/mol. The minimum Gasteiger partial charge on any atom is -0.495 e. The van der Waals surface area contributed by atoms with Crippen LogP contribution in [0.5, 0.6) is 5.75 Å². The van der Waals surface area contributed by atoms with Gasteiger partial charge < -0.3 is 15.4 Å². The van der Waals surface area contributed by atoms with Crippen molar-refractivity contribution < 1.29 is 22.7 Å². The molecule has 0 fully saturated rings. The van der Waals surface area contributed by atoms with Crippen molar-refractivity contribution in [2.45, 2.75) is 4.90 Å². The second kappa shape index (κ2) is 8.43. The molecule has 0 aliphatic rings. The van der Waals surface area contributed by atoms with Crippen molar-refractivity contribution >= 4 is 44.5 Å². The zero-order valence-corrected chi connectivity index (χ0v) is 16.8. The molecule has 2 amide bonds. The Morgan fingerprint density at radius 3 is 2.21 bits per heavy atom. The first-order valence-corrected chi connectivity index (χ1v) is 10.7. The second-order valence-corrected chi connectivity index (χ2v) is 8.35. The van der Waals surface area contributed by atoms with E-state index in [-0.39, 0.29) is 22.2 Å². The fourth-order valence-corrected chi connectivity index (χ4v) is 3.83. The van der Waals surface area contributed by atoms with Crippen LogP contribution in [0.2, 0.25) is 0 Å². The highest BCUT2D eigenvalue weighted by molar-refractivity contribution is 7.89. The van der Waals surface area contributed by atoms with Crippen LogP contribution in [0.25, 0.3) is 0 Å². The minimum absolute atomic E-state index is 0.0799. The molecule has 0 aliphatic heterocycles. The maximum Gasteiger partial charge on any atom is 0.265 e. The van der Waals surface area contributed by atoms with Crippen molar-refractivity contribution in [3.05, 3.63) is 70.4 Å². The van der Waals surface area contributed by atoms with E-state index in [1.165, 1.54) is 36.6 Å². The SMILES string of the molecule is COc1ccc(NC(=O)c2ccc(NC(=O)c3cccs3)cc2)cc1S(N)(=O)=O. The summed E-state index contributed by atoms with van der Waals surface area (Å²) in [6.45, 7) is 0. The highest BCUT2D eigenvalue weighted by Crippen LogP contribution is 2.26. The normalized spacial score (nSPS) is 11.0. The van der Waals surface area contributed by atoms with E-state index in [9.17, 15) is 18.0 Å². The first-order valence-electron chi connectivity index (χ1n) is 8.25. The van der Waals surface area contributed by atoms with Crippen molar-refractivity contribution in [1.29, 1.82) is 0 Å². The van der Waals surface area contributed by atoms with Gasteiger partial charge in [0.15, 0.2) is 0 Å². The number of methoxy groups -OCH3 is 1. The average molecular weight is 431 g/mol. The Morgan fingerprint density at radius 2 is 1.62 bits per heavy atom. The van der Waals surface area contributed by atoms with Crippen molar-refractivity contribution in [2.24, 2.45) is 5.14 Å². The Bertz CT molecular complexity index is 1140. The predicted octanol–water partition coefficient (Wildman–Crippen LogP) is 2.91. The number of hydrogen-bond acceptors (Lipinski definition) is 6. The molecule has 0 atom stereocenters. The number of thiophene rings is 1. The van der Waals surface area contributed by atoms with Gasteiger partial charge in [-0.1, -0.05) is 6.07 Å². The van der Waals surface area contributed by atoms with Crippen LogP contribution in [-0.2, 0) is 10.0 Å². The summed E-state index contributed by atoms with van der Waals surface area (Å²) in [6.07, 6.45) is 0. The molecule has 0 unspecified atom stereocenters. The van der Waals surface area contributed by atoms with E-state index in [4.69, 9.17) is 9.88 Å². The molecule has 3 aromatic rings. The lowest BCUT2D eigenvalue weighted by molar-refractivity contribution is 0.102. The summed E-state index contributed by atoms with van der Waals surface area (Å²) in [5.74, 6) is -0.603. The fourth-order valence-electron chi connectivity index (χ4n) is 2.49. The van der Waals surface area contributed by atoms with E-state index < -0.39 is 15.9 Å². The van der Waals surface area contributed by atoms with Gasteiger partial charge in [-0.2, -0.15) is 0 Å². The molecule has 8 nitrogen and oxygen atoms in total. The van der Waals surface area contributed by atoms with E-state index >= 15 is 0 Å². The van der Waals surface area contributed by atoms with Gasteiger partial charge in [0.25, 0.3) is 11.8 Å². The van der Waals surface area contributed by atoms with Crippen molar-refractivity contribution in [1.82, 2.24) is 0 Å². The number of hydrogen-bond donors (Lipinski definition) is 3. The second-order valence-electron chi connectivity index (χ2n) is 5.87. The Labute approximate surface area is 171 Å². The van der Waals surface area contributed by atoms with Gasteiger partial charge in [0, 0.05) is 16.9 Å². The molecule has 0 saturated carbocycles. The number of nitrogens with one attached hydrogen (secondary N) is 2. The van der Waals surface area contributed by atoms with Gasteiger partial charge in [-0.05, 0) is 53.9 Å². The van der Waals surface area contributed by atoms with Gasteiger partial charge in [-0.3, -0.25) is 9.59 Å². The third kappa shape index (κ3) is 4.99. The molecule has 0 saturated heterocycles. The highest BCUT2D eigenvalue weighted by atomic mass is 32.2. The number of primary sulfonamides is 1. The molecule has 1 aromatic heterocycles. The molecule has 0 spiro atoms. The van der Waals surface area contributed by atoms with Crippen LogP contribution in [0.3, 0.4) is 0 Å². The number of carbonyl (C=O) groups excluding carboxylic acids is 2. The number of benzene rings is 2. The van der Waals surface area contributed by atoms with E-state index in [2.05, 4.69) is 10.6 Å². The van der Waals surface area contributed by atoms with Gasteiger partial charge in [0.2, 0.25) is 10.0 Å². The number of sulfonamides is 1. The topological polar surface area (TPSA) is 128 Å². The van der Waals surface area contributed by atoms with E-state index in [1.54, 1.807) is 36.4 Å². The molecular weight excluding hydrogens is 414 g/mol. The van der Waals surface area contributed by atoms with Gasteiger partial charge >= 0.3 is 0 Å². The maximum absolute atomic E-state index is 12.4. The van der Waals surface area contributed by atoms with Gasteiger partial charge in [0.1, 0.15) is 10.6 Å². The number of amides is 2. The first-order chi connectivity index (χ1) is 13.8. The molecule has 3 rings (SSSR count). The number of carbonyl (C=O) groups is 2. The standard InChI is InChI=1S/C19H17N3O5S2/c1-27-15-9-8-14(11-17(15)29(20,25)26)22-18(23)12-4-6-13(7-5-12)21-19(24)16-3-2-10-28-16/h2-11H,1H3,(H,21,24)(H,22,23)(H2,20,25,26). The molecule has 2 aromatic carbocycles.